The summed E-state index contributed by atoms with van der Waals surface area (Å²) in [5, 5.41) is 11.2. The van der Waals surface area contributed by atoms with Crippen LogP contribution in [0.25, 0.3) is 0 Å². The average Bonchev–Trinajstić information content (AvgIpc) is 2.68. The van der Waals surface area contributed by atoms with Crippen LogP contribution in [0, 0.1) is 5.92 Å². The van der Waals surface area contributed by atoms with Crippen LogP contribution < -0.4 is 0 Å². The third-order valence-electron chi connectivity index (χ3n) is 5.16. The fraction of sp³-hybridized carbons (Fsp3) is 0.562. The first-order valence-corrected chi connectivity index (χ1v) is 8.12. The number of ether oxygens (including phenoxy) is 1. The van der Waals surface area contributed by atoms with Gasteiger partial charge in [-0.05, 0) is 37.6 Å². The molecule has 0 radical (unpaired) electrons. The molecule has 2 bridgehead atoms. The minimum Gasteiger partial charge on any atom is -0.469 e. The zero-order valence-corrected chi connectivity index (χ0v) is 14.0. The van der Waals surface area contributed by atoms with Crippen molar-refractivity contribution < 1.29 is 14.6 Å². The summed E-state index contributed by atoms with van der Waals surface area (Å²) in [5.74, 6) is -0.563. The number of hydrogen-bond acceptors (Lipinski definition) is 4. The van der Waals surface area contributed by atoms with Crippen molar-refractivity contribution in [3.8, 4) is 0 Å². The summed E-state index contributed by atoms with van der Waals surface area (Å²) in [7, 11) is 3.37. The highest BCUT2D eigenvalue weighted by molar-refractivity contribution is 6.42. The lowest BCUT2D eigenvalue weighted by Gasteiger charge is -2.41. The number of carbonyl (C=O) groups excluding carboxylic acids is 1. The minimum atomic E-state index is -0.407. The second-order valence-electron chi connectivity index (χ2n) is 6.17. The normalized spacial score (nSPS) is 34.7. The van der Waals surface area contributed by atoms with Gasteiger partial charge in [0.15, 0.2) is 0 Å². The second-order valence-corrected chi connectivity index (χ2v) is 6.98. The Kier molecular flexibility index (Phi) is 4.38. The summed E-state index contributed by atoms with van der Waals surface area (Å²) in [4.78, 5) is 14.5. The van der Waals surface area contributed by atoms with Gasteiger partial charge in [-0.25, -0.2) is 0 Å². The number of aliphatic hydroxyl groups excluding tert-OH is 1. The van der Waals surface area contributed by atoms with Crippen molar-refractivity contribution in [3.63, 3.8) is 0 Å². The number of carbonyl (C=O) groups is 1. The molecule has 2 saturated heterocycles. The van der Waals surface area contributed by atoms with Crippen LogP contribution in [-0.4, -0.2) is 48.3 Å². The summed E-state index contributed by atoms with van der Waals surface area (Å²) in [5.41, 5.74) is 0.974. The van der Waals surface area contributed by atoms with Gasteiger partial charge in [0.25, 0.3) is 0 Å². The van der Waals surface area contributed by atoms with Crippen molar-refractivity contribution in [1.82, 2.24) is 4.90 Å². The standard InChI is InChI=1S/C16H19Cl2NO3/c1-19-12-6-9(8-3-4-10(17)11(18)5-8)15(16(21)22-2)13(19)7-14(12)20/h3-5,9,12-15,20H,6-7H2,1-2H3/t9-,12-,13+,14-,15-/m0/s1. The van der Waals surface area contributed by atoms with Crippen molar-refractivity contribution in [2.24, 2.45) is 5.92 Å². The predicted octanol–water partition coefficient (Wildman–Crippen LogP) is 2.70. The summed E-state index contributed by atoms with van der Waals surface area (Å²) >= 11 is 12.1. The van der Waals surface area contributed by atoms with Crippen molar-refractivity contribution in [2.45, 2.75) is 36.9 Å². The van der Waals surface area contributed by atoms with Gasteiger partial charge in [0, 0.05) is 18.0 Å². The smallest absolute Gasteiger partial charge is 0.310 e. The fourth-order valence-electron chi connectivity index (χ4n) is 4.03. The van der Waals surface area contributed by atoms with E-state index in [1.165, 1.54) is 7.11 Å². The molecule has 0 amide bonds. The lowest BCUT2D eigenvalue weighted by molar-refractivity contribution is -0.150. The number of fused-ring (bicyclic) bond motifs is 2. The number of halogens is 2. The number of aliphatic hydroxyl groups is 1. The molecule has 3 rings (SSSR count). The number of hydrogen-bond donors (Lipinski definition) is 1. The number of nitrogens with zero attached hydrogens (tertiary/aromatic N) is 1. The highest BCUT2D eigenvalue weighted by Crippen LogP contribution is 2.47. The van der Waals surface area contributed by atoms with Crippen molar-refractivity contribution in [1.29, 1.82) is 0 Å². The fourth-order valence-corrected chi connectivity index (χ4v) is 4.34. The van der Waals surface area contributed by atoms with Crippen molar-refractivity contribution in [3.05, 3.63) is 33.8 Å². The van der Waals surface area contributed by atoms with Crippen LogP contribution in [0.4, 0.5) is 0 Å². The molecule has 4 nitrogen and oxygen atoms in total. The van der Waals surface area contributed by atoms with E-state index < -0.39 is 6.10 Å². The summed E-state index contributed by atoms with van der Waals surface area (Å²) in [6, 6.07) is 5.53. The first kappa shape index (κ1) is 16.1. The van der Waals surface area contributed by atoms with Gasteiger partial charge < -0.3 is 9.84 Å². The van der Waals surface area contributed by atoms with Crippen LogP contribution in [0.3, 0.4) is 0 Å². The van der Waals surface area contributed by atoms with E-state index in [4.69, 9.17) is 27.9 Å². The SMILES string of the molecule is COC(=O)[C@@H]1[C@H]2C[C@H](O)[C@H](C[C@H]1c1ccc(Cl)c(Cl)c1)N2C. The summed E-state index contributed by atoms with van der Waals surface area (Å²) in [6.45, 7) is 0. The van der Waals surface area contributed by atoms with Gasteiger partial charge >= 0.3 is 5.97 Å². The molecular weight excluding hydrogens is 325 g/mol. The Labute approximate surface area is 140 Å². The lowest BCUT2D eigenvalue weighted by atomic mass is 9.76. The Morgan fingerprint density at radius 3 is 2.64 bits per heavy atom. The first-order chi connectivity index (χ1) is 10.4. The van der Waals surface area contributed by atoms with Crippen molar-refractivity contribution in [2.75, 3.05) is 14.2 Å². The van der Waals surface area contributed by atoms with Gasteiger partial charge in [-0.1, -0.05) is 29.3 Å². The molecule has 0 saturated carbocycles. The second kappa shape index (κ2) is 6.00. The summed E-state index contributed by atoms with van der Waals surface area (Å²) < 4.78 is 5.02. The lowest BCUT2D eigenvalue weighted by Crippen LogP contribution is -2.49. The predicted molar refractivity (Wildman–Crippen MR) is 85.3 cm³/mol. The van der Waals surface area contributed by atoms with E-state index in [0.717, 1.165) is 5.56 Å². The van der Waals surface area contributed by atoms with E-state index in [1.807, 2.05) is 19.2 Å². The Bertz CT molecular complexity index is 595. The number of esters is 1. The van der Waals surface area contributed by atoms with E-state index in [0.29, 0.717) is 22.9 Å². The van der Waals surface area contributed by atoms with Crippen LogP contribution in [0.1, 0.15) is 24.3 Å². The zero-order valence-electron chi connectivity index (χ0n) is 12.5. The van der Waals surface area contributed by atoms with E-state index >= 15 is 0 Å². The number of likely N-dealkylation sites (N-methyl/N-ethyl adjacent to an activating group) is 1. The minimum absolute atomic E-state index is 0.0133. The molecule has 2 heterocycles. The first-order valence-electron chi connectivity index (χ1n) is 7.36. The molecule has 0 spiro atoms. The molecule has 22 heavy (non-hydrogen) atoms. The maximum absolute atomic E-state index is 12.4. The molecule has 0 aromatic heterocycles. The molecule has 2 aliphatic heterocycles. The van der Waals surface area contributed by atoms with Gasteiger partial charge in [0.1, 0.15) is 0 Å². The average molecular weight is 344 g/mol. The monoisotopic (exact) mass is 343 g/mol. The molecule has 0 unspecified atom stereocenters. The zero-order chi connectivity index (χ0) is 16.0. The maximum atomic E-state index is 12.4. The highest BCUT2D eigenvalue weighted by Gasteiger charge is 2.53. The Morgan fingerprint density at radius 2 is 2.00 bits per heavy atom. The molecular formula is C16H19Cl2NO3. The van der Waals surface area contributed by atoms with Gasteiger partial charge in [-0.3, -0.25) is 9.69 Å². The molecule has 5 atom stereocenters. The number of piperidine rings is 1. The molecule has 1 aromatic rings. The molecule has 1 N–H and O–H groups in total. The Balaban J connectivity index is 2.00. The van der Waals surface area contributed by atoms with Crippen LogP contribution in [0.15, 0.2) is 18.2 Å². The van der Waals surface area contributed by atoms with E-state index in [2.05, 4.69) is 4.90 Å². The van der Waals surface area contributed by atoms with Crippen LogP contribution in [-0.2, 0) is 9.53 Å². The molecule has 0 aliphatic carbocycles. The molecule has 120 valence electrons. The van der Waals surface area contributed by atoms with Gasteiger partial charge in [-0.15, -0.1) is 0 Å². The van der Waals surface area contributed by atoms with Crippen LogP contribution in [0.5, 0.6) is 0 Å². The van der Waals surface area contributed by atoms with E-state index in [-0.39, 0.29) is 29.9 Å². The Morgan fingerprint density at radius 1 is 1.27 bits per heavy atom. The van der Waals surface area contributed by atoms with Gasteiger partial charge in [0.05, 0.1) is 29.2 Å². The molecule has 1 aromatic carbocycles. The van der Waals surface area contributed by atoms with E-state index in [9.17, 15) is 9.90 Å². The van der Waals surface area contributed by atoms with E-state index in [1.54, 1.807) is 6.07 Å². The van der Waals surface area contributed by atoms with Gasteiger partial charge in [-0.2, -0.15) is 0 Å². The molecule has 2 fully saturated rings. The molecule has 2 aliphatic rings. The van der Waals surface area contributed by atoms with Crippen LogP contribution in [0.2, 0.25) is 10.0 Å². The Hall–Kier alpha value is -0.810. The van der Waals surface area contributed by atoms with Gasteiger partial charge in [0.2, 0.25) is 0 Å². The number of rotatable bonds is 2. The number of methoxy groups -OCH3 is 1. The summed E-state index contributed by atoms with van der Waals surface area (Å²) in [6.07, 6.45) is 0.889. The topological polar surface area (TPSA) is 49.8 Å². The molecule has 6 heteroatoms. The quantitative estimate of drug-likeness (QED) is 0.838. The van der Waals surface area contributed by atoms with Crippen LogP contribution >= 0.6 is 23.2 Å². The third kappa shape index (κ3) is 2.52. The number of benzene rings is 1. The maximum Gasteiger partial charge on any atom is 0.310 e. The van der Waals surface area contributed by atoms with Crippen molar-refractivity contribution >= 4 is 29.2 Å². The third-order valence-corrected chi connectivity index (χ3v) is 5.90. The largest absolute Gasteiger partial charge is 0.469 e. The highest BCUT2D eigenvalue weighted by atomic mass is 35.5.